The van der Waals surface area contributed by atoms with E-state index in [-0.39, 0.29) is 0 Å². The molecule has 0 spiro atoms. The summed E-state index contributed by atoms with van der Waals surface area (Å²) in [6.45, 7) is 0. The monoisotopic (exact) mass is 366 g/mol. The first-order valence-electron chi connectivity index (χ1n) is 6.18. The molecule has 0 saturated heterocycles. The lowest BCUT2D eigenvalue weighted by Crippen LogP contribution is -2.19. The van der Waals surface area contributed by atoms with Gasteiger partial charge in [0.2, 0.25) is 0 Å². The number of nitrogens with one attached hydrogen (secondary N) is 2. The van der Waals surface area contributed by atoms with Gasteiger partial charge in [-0.15, -0.1) is 0 Å². The largest absolute Gasteiger partial charge is 0.495 e. The van der Waals surface area contributed by atoms with Gasteiger partial charge in [0.25, 0.3) is 0 Å². The Morgan fingerprint density at radius 2 is 1.48 bits per heavy atom. The van der Waals surface area contributed by atoms with E-state index >= 15 is 0 Å². The van der Waals surface area contributed by atoms with Gasteiger partial charge in [0.1, 0.15) is 16.0 Å². The minimum Gasteiger partial charge on any atom is -0.495 e. The van der Waals surface area contributed by atoms with Gasteiger partial charge in [-0.2, -0.15) is 0 Å². The molecule has 0 aliphatic carbocycles. The Morgan fingerprint density at radius 1 is 0.952 bits per heavy atom. The van der Waals surface area contributed by atoms with Gasteiger partial charge in [0.05, 0.1) is 14.2 Å². The van der Waals surface area contributed by atoms with Crippen molar-refractivity contribution in [2.75, 3.05) is 24.9 Å². The third-order valence-electron chi connectivity index (χ3n) is 2.74. The predicted molar refractivity (Wildman–Crippen MR) is 93.5 cm³/mol. The van der Waals surface area contributed by atoms with Crippen LogP contribution in [0.4, 0.5) is 11.4 Å². The van der Waals surface area contributed by atoms with Crippen molar-refractivity contribution >= 4 is 44.6 Å². The molecule has 0 aliphatic heterocycles. The molecule has 2 aromatic carbocycles. The fourth-order valence-electron chi connectivity index (χ4n) is 1.76. The summed E-state index contributed by atoms with van der Waals surface area (Å²) in [5.74, 6) is 1.33. The van der Waals surface area contributed by atoms with Crippen LogP contribution in [0.1, 0.15) is 0 Å². The number of halogens is 1. The molecule has 0 saturated carbocycles. The quantitative estimate of drug-likeness (QED) is 0.790. The molecule has 0 fully saturated rings. The van der Waals surface area contributed by atoms with Gasteiger partial charge in [-0.25, -0.2) is 0 Å². The van der Waals surface area contributed by atoms with Crippen LogP contribution in [0.5, 0.6) is 11.5 Å². The van der Waals surface area contributed by atoms with E-state index in [1.54, 1.807) is 14.2 Å². The zero-order valence-corrected chi connectivity index (χ0v) is 14.0. The molecule has 0 unspecified atom stereocenters. The standard InChI is InChI=1S/C15H15BrN2O2S/c1-19-12-8-11(9-13(20-2)14(12)16)18-15(21)17-10-6-4-3-5-7-10/h3-9H,1-2H3,(H2,17,18,21). The molecule has 110 valence electrons. The van der Waals surface area contributed by atoms with E-state index in [0.717, 1.165) is 15.8 Å². The fourth-order valence-corrected chi connectivity index (χ4v) is 2.54. The number of para-hydroxylation sites is 1. The van der Waals surface area contributed by atoms with E-state index in [1.807, 2.05) is 42.5 Å². The second kappa shape index (κ2) is 7.28. The number of rotatable bonds is 4. The first-order chi connectivity index (χ1) is 10.1. The lowest BCUT2D eigenvalue weighted by molar-refractivity contribution is 0.390. The van der Waals surface area contributed by atoms with Crippen LogP contribution in [0.3, 0.4) is 0 Å². The molecule has 0 heterocycles. The lowest BCUT2D eigenvalue weighted by atomic mass is 10.2. The Labute approximate surface area is 137 Å². The number of methoxy groups -OCH3 is 2. The van der Waals surface area contributed by atoms with Crippen molar-refractivity contribution in [3.63, 3.8) is 0 Å². The summed E-state index contributed by atoms with van der Waals surface area (Å²) in [7, 11) is 3.20. The molecule has 6 heteroatoms. The van der Waals surface area contributed by atoms with E-state index in [2.05, 4.69) is 26.6 Å². The van der Waals surface area contributed by atoms with Gasteiger partial charge in [0, 0.05) is 23.5 Å². The minimum absolute atomic E-state index is 0.493. The zero-order valence-electron chi connectivity index (χ0n) is 11.6. The highest BCUT2D eigenvalue weighted by Gasteiger charge is 2.10. The van der Waals surface area contributed by atoms with Gasteiger partial charge >= 0.3 is 0 Å². The molecular weight excluding hydrogens is 352 g/mol. The van der Waals surface area contributed by atoms with Crippen molar-refractivity contribution < 1.29 is 9.47 Å². The average Bonchev–Trinajstić information content (AvgIpc) is 2.49. The summed E-state index contributed by atoms with van der Waals surface area (Å²) >= 11 is 8.72. The summed E-state index contributed by atoms with van der Waals surface area (Å²) in [5, 5.41) is 6.71. The van der Waals surface area contributed by atoms with Gasteiger partial charge in [-0.3, -0.25) is 0 Å². The Hall–Kier alpha value is -1.79. The molecule has 0 atom stereocenters. The fraction of sp³-hybridized carbons (Fsp3) is 0.133. The molecule has 0 aliphatic rings. The molecule has 0 bridgehead atoms. The Morgan fingerprint density at radius 3 is 2.00 bits per heavy atom. The summed E-state index contributed by atoms with van der Waals surface area (Å²) in [4.78, 5) is 0. The number of thiocarbonyl (C=S) groups is 1. The van der Waals surface area contributed by atoms with E-state index in [0.29, 0.717) is 16.6 Å². The molecular formula is C15H15BrN2O2S. The maximum atomic E-state index is 5.30. The maximum absolute atomic E-state index is 5.30. The van der Waals surface area contributed by atoms with Gasteiger partial charge in [-0.1, -0.05) is 18.2 Å². The number of ether oxygens (including phenoxy) is 2. The van der Waals surface area contributed by atoms with Crippen molar-refractivity contribution in [2.45, 2.75) is 0 Å². The van der Waals surface area contributed by atoms with Crippen LogP contribution in [-0.2, 0) is 0 Å². The molecule has 21 heavy (non-hydrogen) atoms. The summed E-state index contributed by atoms with van der Waals surface area (Å²) in [6.07, 6.45) is 0. The second-order valence-electron chi connectivity index (χ2n) is 4.14. The Balaban J connectivity index is 2.14. The molecule has 0 radical (unpaired) electrons. The van der Waals surface area contributed by atoms with Crippen molar-refractivity contribution in [3.05, 3.63) is 46.9 Å². The van der Waals surface area contributed by atoms with Crippen LogP contribution in [0.2, 0.25) is 0 Å². The average molecular weight is 367 g/mol. The molecule has 2 rings (SSSR count). The third kappa shape index (κ3) is 4.09. The normalized spacial score (nSPS) is 9.86. The molecule has 0 amide bonds. The van der Waals surface area contributed by atoms with Crippen LogP contribution >= 0.6 is 28.1 Å². The maximum Gasteiger partial charge on any atom is 0.175 e. The molecule has 4 nitrogen and oxygen atoms in total. The van der Waals surface area contributed by atoms with E-state index < -0.39 is 0 Å². The van der Waals surface area contributed by atoms with E-state index in [9.17, 15) is 0 Å². The van der Waals surface area contributed by atoms with Gasteiger partial charge in [0.15, 0.2) is 5.11 Å². The highest BCUT2D eigenvalue weighted by molar-refractivity contribution is 9.10. The smallest absolute Gasteiger partial charge is 0.175 e. The van der Waals surface area contributed by atoms with Gasteiger partial charge in [-0.05, 0) is 40.3 Å². The van der Waals surface area contributed by atoms with Crippen molar-refractivity contribution in [2.24, 2.45) is 0 Å². The van der Waals surface area contributed by atoms with Crippen LogP contribution < -0.4 is 20.1 Å². The van der Waals surface area contributed by atoms with Crippen molar-refractivity contribution in [1.29, 1.82) is 0 Å². The van der Waals surface area contributed by atoms with Crippen molar-refractivity contribution in [3.8, 4) is 11.5 Å². The number of hydrogen-bond donors (Lipinski definition) is 2. The third-order valence-corrected chi connectivity index (χ3v) is 3.72. The van der Waals surface area contributed by atoms with Crippen LogP contribution in [-0.4, -0.2) is 19.3 Å². The molecule has 2 N–H and O–H groups in total. The number of hydrogen-bond acceptors (Lipinski definition) is 3. The predicted octanol–water partition coefficient (Wildman–Crippen LogP) is 4.28. The summed E-state index contributed by atoms with van der Waals surface area (Å²) in [6, 6.07) is 13.4. The van der Waals surface area contributed by atoms with Crippen LogP contribution in [0, 0.1) is 0 Å². The lowest BCUT2D eigenvalue weighted by Gasteiger charge is -2.14. The number of anilines is 2. The minimum atomic E-state index is 0.493. The molecule has 2 aromatic rings. The second-order valence-corrected chi connectivity index (χ2v) is 5.34. The summed E-state index contributed by atoms with van der Waals surface area (Å²) < 4.78 is 11.4. The van der Waals surface area contributed by atoms with Crippen molar-refractivity contribution in [1.82, 2.24) is 0 Å². The summed E-state index contributed by atoms with van der Waals surface area (Å²) in [5.41, 5.74) is 1.70. The SMILES string of the molecule is COc1cc(NC(=S)Nc2ccccc2)cc(OC)c1Br. The topological polar surface area (TPSA) is 42.5 Å². The van der Waals surface area contributed by atoms with E-state index in [1.165, 1.54) is 0 Å². The van der Waals surface area contributed by atoms with E-state index in [4.69, 9.17) is 21.7 Å². The molecule has 0 aromatic heterocycles. The Kier molecular flexibility index (Phi) is 5.41. The highest BCUT2D eigenvalue weighted by Crippen LogP contribution is 2.37. The first kappa shape index (κ1) is 15.6. The van der Waals surface area contributed by atoms with Crippen LogP contribution in [0.25, 0.3) is 0 Å². The zero-order chi connectivity index (χ0) is 15.2. The van der Waals surface area contributed by atoms with Gasteiger partial charge < -0.3 is 20.1 Å². The van der Waals surface area contributed by atoms with Crippen LogP contribution in [0.15, 0.2) is 46.9 Å². The first-order valence-corrected chi connectivity index (χ1v) is 7.38. The highest BCUT2D eigenvalue weighted by atomic mass is 79.9. The Bertz CT molecular complexity index is 610. The number of benzene rings is 2.